The molecule has 9 aromatic rings. The summed E-state index contributed by atoms with van der Waals surface area (Å²) in [6, 6.07) is 55.2. The van der Waals surface area contributed by atoms with Crippen molar-refractivity contribution in [3.63, 3.8) is 0 Å². The first-order valence-corrected chi connectivity index (χ1v) is 16.9. The number of aryl methyl sites for hydroxylation is 2. The lowest BCUT2D eigenvalue weighted by atomic mass is 9.82. The molecule has 0 unspecified atom stereocenters. The van der Waals surface area contributed by atoms with E-state index in [4.69, 9.17) is 0 Å². The average molecular weight is 607 g/mol. The van der Waals surface area contributed by atoms with Crippen LogP contribution in [0.25, 0.3) is 110 Å². The normalized spacial score (nSPS) is 12.4. The van der Waals surface area contributed by atoms with E-state index in [9.17, 15) is 0 Å². The first-order chi connectivity index (χ1) is 23.6. The van der Waals surface area contributed by atoms with Gasteiger partial charge in [-0.05, 0) is 159 Å². The Morgan fingerprint density at radius 3 is 1.12 bits per heavy atom. The van der Waals surface area contributed by atoms with Gasteiger partial charge in [-0.15, -0.1) is 0 Å². The van der Waals surface area contributed by atoms with Gasteiger partial charge in [0.2, 0.25) is 0 Å². The molecule has 0 aliphatic heterocycles. The van der Waals surface area contributed by atoms with Crippen LogP contribution in [0.2, 0.25) is 0 Å². The van der Waals surface area contributed by atoms with Gasteiger partial charge >= 0.3 is 0 Å². The average Bonchev–Trinajstić information content (AvgIpc) is 3.59. The molecule has 0 N–H and O–H groups in total. The van der Waals surface area contributed by atoms with Gasteiger partial charge in [-0.2, -0.15) is 0 Å². The summed E-state index contributed by atoms with van der Waals surface area (Å²) < 4.78 is 0. The maximum absolute atomic E-state index is 2.52. The Kier molecular flexibility index (Phi) is 5.07. The van der Waals surface area contributed by atoms with Crippen molar-refractivity contribution in [2.45, 2.75) is 13.8 Å². The zero-order valence-electron chi connectivity index (χ0n) is 26.9. The molecule has 0 fully saturated rings. The van der Waals surface area contributed by atoms with Crippen LogP contribution in [0, 0.1) is 13.8 Å². The van der Waals surface area contributed by atoms with Gasteiger partial charge < -0.3 is 0 Å². The van der Waals surface area contributed by atoms with Gasteiger partial charge in [0.1, 0.15) is 0 Å². The van der Waals surface area contributed by atoms with Crippen molar-refractivity contribution < 1.29 is 0 Å². The van der Waals surface area contributed by atoms with Gasteiger partial charge in [0, 0.05) is 0 Å². The van der Waals surface area contributed by atoms with E-state index in [1.54, 1.807) is 0 Å². The van der Waals surface area contributed by atoms with Crippen LogP contribution >= 0.6 is 0 Å². The van der Waals surface area contributed by atoms with Crippen LogP contribution in [0.1, 0.15) is 11.1 Å². The van der Waals surface area contributed by atoms with Gasteiger partial charge in [-0.1, -0.05) is 121 Å². The molecular weight excluding hydrogens is 577 g/mol. The SMILES string of the molecule is Cc1cc2c3c(cc(C)cc3c1)-c1cc3c(-c4ccccc4)c4cc5c(cc4c(-c4ccccc4)c3cc1-2)-c1cccc2cccc-5c12. The number of fused-ring (bicyclic) bond motifs is 8. The molecule has 0 saturated carbocycles. The van der Waals surface area contributed by atoms with E-state index in [1.165, 1.54) is 121 Å². The summed E-state index contributed by atoms with van der Waals surface area (Å²) in [7, 11) is 0. The Morgan fingerprint density at radius 1 is 0.292 bits per heavy atom. The summed E-state index contributed by atoms with van der Waals surface area (Å²) in [5, 5.41) is 10.6. The van der Waals surface area contributed by atoms with Crippen molar-refractivity contribution in [3.05, 3.63) is 157 Å². The van der Waals surface area contributed by atoms with Crippen LogP contribution in [0.15, 0.2) is 146 Å². The Morgan fingerprint density at radius 2 is 0.688 bits per heavy atom. The first-order valence-electron chi connectivity index (χ1n) is 16.9. The highest BCUT2D eigenvalue weighted by molar-refractivity contribution is 6.28. The predicted octanol–water partition coefficient (Wildman–Crippen LogP) is 13.5. The topological polar surface area (TPSA) is 0 Å². The minimum atomic E-state index is 1.25. The zero-order valence-corrected chi connectivity index (χ0v) is 26.9. The molecular formula is C48H30. The molecule has 0 saturated heterocycles. The highest BCUT2D eigenvalue weighted by Crippen LogP contribution is 2.55. The fourth-order valence-corrected chi connectivity index (χ4v) is 9.07. The predicted molar refractivity (Wildman–Crippen MR) is 206 cm³/mol. The Hall–Kier alpha value is -5.98. The quantitative estimate of drug-likeness (QED) is 0.172. The first kappa shape index (κ1) is 26.1. The summed E-state index contributed by atoms with van der Waals surface area (Å²) in [6.07, 6.45) is 0. The van der Waals surface area contributed by atoms with E-state index in [0.29, 0.717) is 0 Å². The fourth-order valence-electron chi connectivity index (χ4n) is 9.07. The lowest BCUT2D eigenvalue weighted by molar-refractivity contribution is 1.48. The third-order valence-corrected chi connectivity index (χ3v) is 10.9. The molecule has 11 rings (SSSR count). The molecule has 0 bridgehead atoms. The number of benzene rings is 9. The summed E-state index contributed by atoms with van der Waals surface area (Å²) in [5.41, 5.74) is 18.4. The molecule has 0 heteroatoms. The van der Waals surface area contributed by atoms with Crippen molar-refractivity contribution in [2.24, 2.45) is 0 Å². The Labute approximate surface area is 279 Å². The molecule has 222 valence electrons. The molecule has 0 radical (unpaired) electrons. The third kappa shape index (κ3) is 3.39. The number of hydrogen-bond acceptors (Lipinski definition) is 0. The third-order valence-electron chi connectivity index (χ3n) is 10.9. The molecule has 2 aliphatic carbocycles. The smallest absolute Gasteiger partial charge is 0.00259 e. The molecule has 0 nitrogen and oxygen atoms in total. The van der Waals surface area contributed by atoms with Gasteiger partial charge in [-0.25, -0.2) is 0 Å². The second-order valence-corrected chi connectivity index (χ2v) is 13.8. The van der Waals surface area contributed by atoms with Crippen LogP contribution < -0.4 is 0 Å². The van der Waals surface area contributed by atoms with E-state index in [2.05, 4.69) is 159 Å². The van der Waals surface area contributed by atoms with Crippen molar-refractivity contribution in [1.29, 1.82) is 0 Å². The van der Waals surface area contributed by atoms with Gasteiger partial charge in [0.15, 0.2) is 0 Å². The van der Waals surface area contributed by atoms with Gasteiger partial charge in [0.05, 0.1) is 0 Å². The van der Waals surface area contributed by atoms with Crippen LogP contribution in [-0.2, 0) is 0 Å². The second-order valence-electron chi connectivity index (χ2n) is 13.8. The summed E-state index contributed by atoms with van der Waals surface area (Å²) >= 11 is 0. The molecule has 0 aromatic heterocycles. The minimum absolute atomic E-state index is 1.25. The Balaban J connectivity index is 1.37. The van der Waals surface area contributed by atoms with E-state index in [0.717, 1.165) is 0 Å². The minimum Gasteiger partial charge on any atom is -0.0622 e. The Bertz CT molecular complexity index is 2680. The summed E-state index contributed by atoms with van der Waals surface area (Å²) in [4.78, 5) is 0. The standard InChI is InChI=1S/C48H30/c1-27-19-32-20-28(2)22-40-38-26-44-43(25-37(38)39(21-27)48(32)40)46(29-11-5-3-6-12-29)41-23-35-33-17-9-15-31-16-10-18-34(45(31)33)36(35)24-42(41)47(44)30-13-7-4-8-14-30/h3-26H,1-2H3. The van der Waals surface area contributed by atoms with Crippen LogP contribution in [-0.4, -0.2) is 0 Å². The second kappa shape index (κ2) is 9.31. The molecule has 48 heavy (non-hydrogen) atoms. The molecule has 0 atom stereocenters. The fraction of sp³-hybridized carbons (Fsp3) is 0.0417. The van der Waals surface area contributed by atoms with Crippen LogP contribution in [0.5, 0.6) is 0 Å². The molecule has 0 amide bonds. The molecule has 0 spiro atoms. The summed E-state index contributed by atoms with van der Waals surface area (Å²) in [5.74, 6) is 0. The van der Waals surface area contributed by atoms with E-state index >= 15 is 0 Å². The maximum atomic E-state index is 2.52. The van der Waals surface area contributed by atoms with Crippen LogP contribution in [0.3, 0.4) is 0 Å². The van der Waals surface area contributed by atoms with E-state index in [1.807, 2.05) is 0 Å². The van der Waals surface area contributed by atoms with Gasteiger partial charge in [-0.3, -0.25) is 0 Å². The molecule has 9 aromatic carbocycles. The maximum Gasteiger partial charge on any atom is -0.00259 e. The zero-order chi connectivity index (χ0) is 31.7. The van der Waals surface area contributed by atoms with Crippen LogP contribution in [0.4, 0.5) is 0 Å². The van der Waals surface area contributed by atoms with Crippen molar-refractivity contribution in [1.82, 2.24) is 0 Å². The highest BCUT2D eigenvalue weighted by Gasteiger charge is 2.28. The van der Waals surface area contributed by atoms with Gasteiger partial charge in [0.25, 0.3) is 0 Å². The number of rotatable bonds is 2. The molecule has 0 heterocycles. The van der Waals surface area contributed by atoms with E-state index in [-0.39, 0.29) is 0 Å². The largest absolute Gasteiger partial charge is 0.0622 e. The summed E-state index contributed by atoms with van der Waals surface area (Å²) in [6.45, 7) is 4.46. The van der Waals surface area contributed by atoms with E-state index < -0.39 is 0 Å². The lowest BCUT2D eigenvalue weighted by Gasteiger charge is -2.21. The van der Waals surface area contributed by atoms with Crippen molar-refractivity contribution >= 4 is 43.1 Å². The molecule has 2 aliphatic rings. The lowest BCUT2D eigenvalue weighted by Crippen LogP contribution is -1.93. The van der Waals surface area contributed by atoms with Crippen molar-refractivity contribution in [3.8, 4) is 66.8 Å². The monoisotopic (exact) mass is 606 g/mol. The number of hydrogen-bond donors (Lipinski definition) is 0. The highest BCUT2D eigenvalue weighted by atomic mass is 14.3. The van der Waals surface area contributed by atoms with Crippen molar-refractivity contribution in [2.75, 3.05) is 0 Å².